The summed E-state index contributed by atoms with van der Waals surface area (Å²) in [7, 11) is 0. The van der Waals surface area contributed by atoms with Crippen LogP contribution >= 0.6 is 0 Å². The highest BCUT2D eigenvalue weighted by Crippen LogP contribution is 2.17. The number of rotatable bonds is 3. The summed E-state index contributed by atoms with van der Waals surface area (Å²) in [6, 6.07) is 7.64. The van der Waals surface area contributed by atoms with Crippen LogP contribution in [0.25, 0.3) is 0 Å². The molecule has 0 spiro atoms. The van der Waals surface area contributed by atoms with E-state index in [4.69, 9.17) is 0 Å². The van der Waals surface area contributed by atoms with Crippen LogP contribution in [0.1, 0.15) is 35.8 Å². The van der Waals surface area contributed by atoms with E-state index in [1.165, 1.54) is 11.8 Å². The predicted molar refractivity (Wildman–Crippen MR) is 73.3 cm³/mol. The van der Waals surface area contributed by atoms with Gasteiger partial charge in [0, 0.05) is 11.9 Å². The minimum atomic E-state index is -0.353. The lowest BCUT2D eigenvalue weighted by molar-refractivity contribution is 0.102. The van der Waals surface area contributed by atoms with Gasteiger partial charge in [0.2, 0.25) is 0 Å². The number of anilines is 1. The van der Waals surface area contributed by atoms with Gasteiger partial charge in [0.1, 0.15) is 5.69 Å². The van der Waals surface area contributed by atoms with Crippen molar-refractivity contribution in [3.63, 3.8) is 0 Å². The van der Waals surface area contributed by atoms with Crippen LogP contribution < -0.4 is 10.9 Å². The average Bonchev–Trinajstić information content (AvgIpc) is 2.40. The molecule has 1 heterocycles. The molecule has 0 radical (unpaired) electrons. The number of carbonyl (C=O) groups excluding carboxylic acids is 1. The number of H-pyrrole nitrogens is 1. The van der Waals surface area contributed by atoms with E-state index in [0.717, 1.165) is 6.20 Å². The van der Waals surface area contributed by atoms with Crippen molar-refractivity contribution in [3.8, 4) is 0 Å². The third-order valence-electron chi connectivity index (χ3n) is 2.74. The molecule has 0 bridgehead atoms. The second kappa shape index (κ2) is 5.48. The first-order valence-corrected chi connectivity index (χ1v) is 6.02. The van der Waals surface area contributed by atoms with Crippen molar-refractivity contribution in [1.82, 2.24) is 9.97 Å². The third kappa shape index (κ3) is 3.28. The van der Waals surface area contributed by atoms with E-state index in [1.54, 1.807) is 0 Å². The largest absolute Gasteiger partial charge is 0.325 e. The highest BCUT2D eigenvalue weighted by atomic mass is 16.2. The number of amides is 1. The van der Waals surface area contributed by atoms with E-state index in [2.05, 4.69) is 29.1 Å². The van der Waals surface area contributed by atoms with Crippen molar-refractivity contribution >= 4 is 11.6 Å². The molecule has 5 heteroatoms. The number of aromatic nitrogens is 2. The molecule has 19 heavy (non-hydrogen) atoms. The Morgan fingerprint density at radius 3 is 2.47 bits per heavy atom. The summed E-state index contributed by atoms with van der Waals surface area (Å²) in [4.78, 5) is 28.9. The van der Waals surface area contributed by atoms with Crippen molar-refractivity contribution in [1.29, 1.82) is 0 Å². The van der Waals surface area contributed by atoms with Crippen molar-refractivity contribution in [2.75, 3.05) is 5.32 Å². The zero-order chi connectivity index (χ0) is 13.8. The lowest BCUT2D eigenvalue weighted by atomic mass is 10.0. The van der Waals surface area contributed by atoms with Gasteiger partial charge in [0.05, 0.1) is 6.20 Å². The SMILES string of the molecule is CC(C)c1ccc(NC(=O)c2c[nH]c(=O)cn2)cc1. The van der Waals surface area contributed by atoms with Gasteiger partial charge in [-0.2, -0.15) is 0 Å². The molecule has 1 aromatic heterocycles. The molecule has 1 aromatic carbocycles. The maximum absolute atomic E-state index is 11.8. The summed E-state index contributed by atoms with van der Waals surface area (Å²) in [6.07, 6.45) is 2.37. The average molecular weight is 257 g/mol. The van der Waals surface area contributed by atoms with Crippen LogP contribution in [0.15, 0.2) is 41.5 Å². The summed E-state index contributed by atoms with van der Waals surface area (Å²) < 4.78 is 0. The minimum Gasteiger partial charge on any atom is -0.325 e. The lowest BCUT2D eigenvalue weighted by Gasteiger charge is -2.08. The van der Waals surface area contributed by atoms with E-state index in [1.807, 2.05) is 24.3 Å². The van der Waals surface area contributed by atoms with Crippen molar-refractivity contribution < 1.29 is 4.79 Å². The maximum Gasteiger partial charge on any atom is 0.275 e. The van der Waals surface area contributed by atoms with Gasteiger partial charge in [-0.15, -0.1) is 0 Å². The fourth-order valence-electron chi connectivity index (χ4n) is 1.61. The van der Waals surface area contributed by atoms with Gasteiger partial charge in [-0.05, 0) is 23.6 Å². The Labute approximate surface area is 110 Å². The number of hydrogen-bond acceptors (Lipinski definition) is 3. The quantitative estimate of drug-likeness (QED) is 0.884. The molecule has 0 fully saturated rings. The highest BCUT2D eigenvalue weighted by molar-refractivity contribution is 6.02. The molecule has 0 aliphatic heterocycles. The predicted octanol–water partition coefficient (Wildman–Crippen LogP) is 2.15. The van der Waals surface area contributed by atoms with Crippen molar-refractivity contribution in [2.45, 2.75) is 19.8 Å². The number of hydrogen-bond donors (Lipinski definition) is 2. The molecule has 2 rings (SSSR count). The lowest BCUT2D eigenvalue weighted by Crippen LogP contribution is -2.16. The topological polar surface area (TPSA) is 74.8 Å². The third-order valence-corrected chi connectivity index (χ3v) is 2.74. The Morgan fingerprint density at radius 1 is 1.26 bits per heavy atom. The summed E-state index contributed by atoms with van der Waals surface area (Å²) in [5, 5.41) is 2.72. The minimum absolute atomic E-state index is 0.174. The van der Waals surface area contributed by atoms with Crippen LogP contribution in [0.3, 0.4) is 0 Å². The first-order valence-electron chi connectivity index (χ1n) is 6.02. The van der Waals surface area contributed by atoms with Gasteiger partial charge < -0.3 is 10.3 Å². The summed E-state index contributed by atoms with van der Waals surface area (Å²) in [5.74, 6) is 0.0964. The molecule has 0 saturated heterocycles. The Hall–Kier alpha value is -2.43. The highest BCUT2D eigenvalue weighted by Gasteiger charge is 2.07. The van der Waals surface area contributed by atoms with E-state index < -0.39 is 0 Å². The monoisotopic (exact) mass is 257 g/mol. The van der Waals surface area contributed by atoms with Crippen LogP contribution in [0.4, 0.5) is 5.69 Å². The van der Waals surface area contributed by atoms with Crippen LogP contribution in [-0.2, 0) is 0 Å². The second-order valence-electron chi connectivity index (χ2n) is 4.53. The van der Waals surface area contributed by atoms with E-state index in [0.29, 0.717) is 11.6 Å². The molecular formula is C14H15N3O2. The second-order valence-corrected chi connectivity index (χ2v) is 4.53. The molecule has 2 aromatic rings. The van der Waals surface area contributed by atoms with Gasteiger partial charge in [-0.3, -0.25) is 9.59 Å². The van der Waals surface area contributed by atoms with Crippen LogP contribution in [0.2, 0.25) is 0 Å². The zero-order valence-electron chi connectivity index (χ0n) is 10.8. The molecule has 2 N–H and O–H groups in total. The number of carbonyl (C=O) groups is 1. The van der Waals surface area contributed by atoms with Gasteiger partial charge in [0.25, 0.3) is 11.5 Å². The van der Waals surface area contributed by atoms with Crippen molar-refractivity contribution in [3.05, 3.63) is 58.3 Å². The van der Waals surface area contributed by atoms with Gasteiger partial charge >= 0.3 is 0 Å². The first kappa shape index (κ1) is 13.0. The number of aromatic amines is 1. The summed E-state index contributed by atoms with van der Waals surface area (Å²) >= 11 is 0. The molecule has 0 atom stereocenters. The van der Waals surface area contributed by atoms with E-state index >= 15 is 0 Å². The summed E-state index contributed by atoms with van der Waals surface area (Å²) in [5.41, 5.74) is 1.74. The van der Waals surface area contributed by atoms with Gasteiger partial charge in [-0.25, -0.2) is 4.98 Å². The maximum atomic E-state index is 11.8. The molecular weight excluding hydrogens is 242 g/mol. The molecule has 98 valence electrons. The summed E-state index contributed by atoms with van der Waals surface area (Å²) in [6.45, 7) is 4.22. The first-order chi connectivity index (χ1) is 9.06. The van der Waals surface area contributed by atoms with Crippen LogP contribution in [0.5, 0.6) is 0 Å². The van der Waals surface area contributed by atoms with Crippen molar-refractivity contribution in [2.24, 2.45) is 0 Å². The Bertz CT molecular complexity index is 609. The zero-order valence-corrected chi connectivity index (χ0v) is 10.8. The van der Waals surface area contributed by atoms with E-state index in [-0.39, 0.29) is 17.2 Å². The standard InChI is InChI=1S/C14H15N3O2/c1-9(2)10-3-5-11(6-4-10)17-14(19)12-7-16-13(18)8-15-12/h3-9H,1-2H3,(H,16,18)(H,17,19). The smallest absolute Gasteiger partial charge is 0.275 e. The normalized spacial score (nSPS) is 10.5. The fraction of sp³-hybridized carbons (Fsp3) is 0.214. The Kier molecular flexibility index (Phi) is 3.75. The van der Waals surface area contributed by atoms with Crippen LogP contribution in [-0.4, -0.2) is 15.9 Å². The fourth-order valence-corrected chi connectivity index (χ4v) is 1.61. The van der Waals surface area contributed by atoms with Gasteiger partial charge in [0.15, 0.2) is 0 Å². The molecule has 1 amide bonds. The Balaban J connectivity index is 2.10. The molecule has 0 aliphatic carbocycles. The number of nitrogens with one attached hydrogen (secondary N) is 2. The number of benzene rings is 1. The molecule has 0 unspecified atom stereocenters. The number of nitrogens with zero attached hydrogens (tertiary/aromatic N) is 1. The van der Waals surface area contributed by atoms with E-state index in [9.17, 15) is 9.59 Å². The van der Waals surface area contributed by atoms with Crippen LogP contribution in [0, 0.1) is 0 Å². The van der Waals surface area contributed by atoms with Gasteiger partial charge in [-0.1, -0.05) is 26.0 Å². The molecule has 0 aliphatic rings. The molecule has 0 saturated carbocycles. The molecule has 5 nitrogen and oxygen atoms in total. The Morgan fingerprint density at radius 2 is 1.95 bits per heavy atom.